The van der Waals surface area contributed by atoms with Crippen LogP contribution in [0.1, 0.15) is 49.7 Å². The van der Waals surface area contributed by atoms with E-state index in [1.165, 1.54) is 4.90 Å². The fourth-order valence-electron chi connectivity index (χ4n) is 5.05. The largest absolute Gasteiger partial charge is 0.493 e. The lowest BCUT2D eigenvalue weighted by Crippen LogP contribution is -2.49. The van der Waals surface area contributed by atoms with E-state index in [0.717, 1.165) is 30.4 Å². The highest BCUT2D eigenvalue weighted by Crippen LogP contribution is 2.33. The Kier molecular flexibility index (Phi) is 8.59. The van der Waals surface area contributed by atoms with Crippen molar-refractivity contribution in [3.05, 3.63) is 59.7 Å². The summed E-state index contributed by atoms with van der Waals surface area (Å²) in [5, 5.41) is 9.06. The van der Waals surface area contributed by atoms with E-state index in [2.05, 4.69) is 0 Å². The third-order valence-electron chi connectivity index (χ3n) is 6.88. The van der Waals surface area contributed by atoms with Crippen molar-refractivity contribution in [2.45, 2.75) is 63.7 Å². The van der Waals surface area contributed by atoms with Crippen LogP contribution in [0.15, 0.2) is 48.5 Å². The smallest absolute Gasteiger partial charge is 0.304 e. The Morgan fingerprint density at radius 2 is 1.81 bits per heavy atom. The van der Waals surface area contributed by atoms with Gasteiger partial charge in [-0.25, -0.2) is 0 Å². The lowest BCUT2D eigenvalue weighted by Gasteiger charge is -2.36. The zero-order chi connectivity index (χ0) is 25.5. The van der Waals surface area contributed by atoms with E-state index < -0.39 is 11.9 Å². The lowest BCUT2D eigenvalue weighted by molar-refractivity contribution is -0.150. The van der Waals surface area contributed by atoms with E-state index in [0.29, 0.717) is 37.6 Å². The normalized spacial score (nSPS) is 22.0. The molecule has 1 aliphatic carbocycles. The third-order valence-corrected chi connectivity index (χ3v) is 6.88. The number of likely N-dealkylation sites (tertiary alicyclic amines) is 1. The summed E-state index contributed by atoms with van der Waals surface area (Å²) in [6.07, 6.45) is 3.38. The second-order valence-corrected chi connectivity index (χ2v) is 9.37. The Morgan fingerprint density at radius 1 is 1.03 bits per heavy atom. The van der Waals surface area contributed by atoms with Gasteiger partial charge in [0.05, 0.1) is 38.2 Å². The number of rotatable bonds is 11. The Labute approximate surface area is 211 Å². The van der Waals surface area contributed by atoms with Crippen molar-refractivity contribution in [3.8, 4) is 11.5 Å². The van der Waals surface area contributed by atoms with Gasteiger partial charge in [0, 0.05) is 6.42 Å². The van der Waals surface area contributed by atoms with Crippen molar-refractivity contribution >= 4 is 17.8 Å². The number of methoxy groups -OCH3 is 1. The maximum Gasteiger partial charge on any atom is 0.304 e. The van der Waals surface area contributed by atoms with Crippen molar-refractivity contribution in [2.24, 2.45) is 5.92 Å². The van der Waals surface area contributed by atoms with E-state index in [1.54, 1.807) is 7.11 Å². The van der Waals surface area contributed by atoms with Crippen LogP contribution in [0.3, 0.4) is 0 Å². The minimum Gasteiger partial charge on any atom is -0.493 e. The lowest BCUT2D eigenvalue weighted by atomic mass is 9.91. The molecule has 8 nitrogen and oxygen atoms in total. The van der Waals surface area contributed by atoms with Gasteiger partial charge in [0.25, 0.3) is 0 Å². The molecule has 2 aromatic carbocycles. The standard InChI is InChI=1S/C28H33NO7/c1-34-25-15-19(11-12-24(25)36-18-20-7-3-2-4-8-20)13-14-35-23-10-6-5-9-22(23)29-26(30)16-21(28(29)33)17-27(31)32/h2-4,7-8,11-12,15,21-23H,5-6,9-10,13-14,16-18H2,1H3,(H,31,32)/t21-,22-,23-/m1/s1. The van der Waals surface area contributed by atoms with Crippen molar-refractivity contribution in [2.75, 3.05) is 13.7 Å². The summed E-state index contributed by atoms with van der Waals surface area (Å²) in [5.41, 5.74) is 2.10. The first-order valence-electron chi connectivity index (χ1n) is 12.5. The summed E-state index contributed by atoms with van der Waals surface area (Å²) in [6.45, 7) is 0.882. The first-order valence-corrected chi connectivity index (χ1v) is 12.5. The average molecular weight is 496 g/mol. The van der Waals surface area contributed by atoms with Crippen LogP contribution < -0.4 is 9.47 Å². The molecule has 1 aliphatic heterocycles. The van der Waals surface area contributed by atoms with Crippen molar-refractivity contribution in [1.82, 2.24) is 4.90 Å². The Hall–Kier alpha value is -3.39. The van der Waals surface area contributed by atoms with Crippen LogP contribution in [0.4, 0.5) is 0 Å². The van der Waals surface area contributed by atoms with Gasteiger partial charge in [-0.3, -0.25) is 19.3 Å². The van der Waals surface area contributed by atoms with E-state index in [1.807, 2.05) is 48.5 Å². The molecule has 0 radical (unpaired) electrons. The molecule has 192 valence electrons. The molecule has 2 aromatic rings. The number of carbonyl (C=O) groups is 3. The van der Waals surface area contributed by atoms with E-state index in [9.17, 15) is 14.4 Å². The number of amides is 2. The monoisotopic (exact) mass is 495 g/mol. The molecular formula is C28H33NO7. The summed E-state index contributed by atoms with van der Waals surface area (Å²) >= 11 is 0. The van der Waals surface area contributed by atoms with Gasteiger partial charge >= 0.3 is 5.97 Å². The number of nitrogens with zero attached hydrogens (tertiary/aromatic N) is 1. The molecule has 2 fully saturated rings. The highest BCUT2D eigenvalue weighted by Gasteiger charge is 2.46. The second-order valence-electron chi connectivity index (χ2n) is 9.37. The third kappa shape index (κ3) is 6.23. The molecule has 1 saturated heterocycles. The number of imide groups is 1. The van der Waals surface area contributed by atoms with E-state index in [4.69, 9.17) is 19.3 Å². The first-order chi connectivity index (χ1) is 17.5. The molecule has 1 heterocycles. The van der Waals surface area contributed by atoms with Crippen LogP contribution in [-0.4, -0.2) is 53.7 Å². The topological polar surface area (TPSA) is 102 Å². The van der Waals surface area contributed by atoms with Crippen molar-refractivity contribution in [1.29, 1.82) is 0 Å². The molecule has 2 aliphatic rings. The number of carboxylic acids is 1. The maximum absolute atomic E-state index is 12.8. The highest BCUT2D eigenvalue weighted by atomic mass is 16.5. The van der Waals surface area contributed by atoms with Crippen molar-refractivity contribution < 1.29 is 33.7 Å². The summed E-state index contributed by atoms with van der Waals surface area (Å²) in [6, 6.07) is 15.4. The molecule has 3 atom stereocenters. The second kappa shape index (κ2) is 12.0. The molecule has 1 N–H and O–H groups in total. The van der Waals surface area contributed by atoms with Gasteiger partial charge in [0.15, 0.2) is 11.5 Å². The SMILES string of the molecule is COc1cc(CCO[C@@H]2CCCC[C@H]2N2C(=O)C[C@H](CC(=O)O)C2=O)ccc1OCc1ccccc1. The number of ether oxygens (including phenoxy) is 3. The number of carbonyl (C=O) groups excluding carboxylic acids is 2. The fourth-order valence-corrected chi connectivity index (χ4v) is 5.05. The molecule has 1 saturated carbocycles. The molecule has 0 bridgehead atoms. The highest BCUT2D eigenvalue weighted by molar-refractivity contribution is 6.05. The average Bonchev–Trinajstić information content (AvgIpc) is 3.15. The predicted molar refractivity (Wildman–Crippen MR) is 132 cm³/mol. The van der Waals surface area contributed by atoms with Crippen LogP contribution >= 0.6 is 0 Å². The summed E-state index contributed by atoms with van der Waals surface area (Å²) in [5.74, 6) is -1.18. The molecular weight excluding hydrogens is 462 g/mol. The quantitative estimate of drug-likeness (QED) is 0.470. The van der Waals surface area contributed by atoms with Gasteiger partial charge in [-0.05, 0) is 42.5 Å². The van der Waals surface area contributed by atoms with Gasteiger partial charge in [0.2, 0.25) is 11.8 Å². The summed E-state index contributed by atoms with van der Waals surface area (Å²) in [7, 11) is 1.61. The number of aliphatic carboxylic acids is 1. The number of hydrogen-bond acceptors (Lipinski definition) is 6. The Bertz CT molecular complexity index is 1070. The molecule has 2 amide bonds. The molecule has 0 spiro atoms. The van der Waals surface area contributed by atoms with Gasteiger partial charge < -0.3 is 19.3 Å². The first kappa shape index (κ1) is 25.7. The minimum absolute atomic E-state index is 0.0349. The fraction of sp³-hybridized carbons (Fsp3) is 0.464. The van der Waals surface area contributed by atoms with Gasteiger partial charge in [-0.1, -0.05) is 49.2 Å². The molecule has 8 heteroatoms. The number of carboxylic acid groups (broad SMARTS) is 1. The van der Waals surface area contributed by atoms with E-state index >= 15 is 0 Å². The Morgan fingerprint density at radius 3 is 2.56 bits per heavy atom. The summed E-state index contributed by atoms with van der Waals surface area (Å²) < 4.78 is 17.7. The number of benzene rings is 2. The van der Waals surface area contributed by atoms with Gasteiger partial charge in [-0.2, -0.15) is 0 Å². The number of hydrogen-bond donors (Lipinski definition) is 1. The van der Waals surface area contributed by atoms with E-state index in [-0.39, 0.29) is 36.8 Å². The van der Waals surface area contributed by atoms with Crippen LogP contribution in [0.5, 0.6) is 11.5 Å². The molecule has 4 rings (SSSR count). The van der Waals surface area contributed by atoms with Crippen LogP contribution in [0.2, 0.25) is 0 Å². The molecule has 0 unspecified atom stereocenters. The van der Waals surface area contributed by atoms with Crippen LogP contribution in [0.25, 0.3) is 0 Å². The summed E-state index contributed by atoms with van der Waals surface area (Å²) in [4.78, 5) is 37.8. The Balaban J connectivity index is 1.33. The maximum atomic E-state index is 12.8. The van der Waals surface area contributed by atoms with Crippen LogP contribution in [-0.2, 0) is 32.1 Å². The van der Waals surface area contributed by atoms with Crippen LogP contribution in [0, 0.1) is 5.92 Å². The van der Waals surface area contributed by atoms with Gasteiger partial charge in [0.1, 0.15) is 6.61 Å². The zero-order valence-corrected chi connectivity index (χ0v) is 20.6. The zero-order valence-electron chi connectivity index (χ0n) is 20.6. The predicted octanol–water partition coefficient (Wildman–Crippen LogP) is 3.99. The van der Waals surface area contributed by atoms with Crippen molar-refractivity contribution in [3.63, 3.8) is 0 Å². The van der Waals surface area contributed by atoms with Gasteiger partial charge in [-0.15, -0.1) is 0 Å². The molecule has 0 aromatic heterocycles. The molecule has 36 heavy (non-hydrogen) atoms. The minimum atomic E-state index is -1.06.